The molecule has 1 unspecified atom stereocenters. The van der Waals surface area contributed by atoms with E-state index in [1.807, 2.05) is 18.2 Å². The van der Waals surface area contributed by atoms with Crippen molar-refractivity contribution in [1.29, 1.82) is 0 Å². The maximum Gasteiger partial charge on any atom is 0.120 e. The zero-order valence-electron chi connectivity index (χ0n) is 18.8. The fraction of sp³-hybridized carbons (Fsp3) is 0.241. The largest absolute Gasteiger partial charge is 0.491 e. The Bertz CT molecular complexity index is 1090. The van der Waals surface area contributed by atoms with E-state index in [1.54, 1.807) is 11.8 Å². The van der Waals surface area contributed by atoms with Crippen molar-refractivity contribution in [2.45, 2.75) is 37.5 Å². The molecule has 1 N–H and O–H groups in total. The van der Waals surface area contributed by atoms with Crippen LogP contribution in [0.3, 0.4) is 0 Å². The van der Waals surface area contributed by atoms with Gasteiger partial charge in [0.25, 0.3) is 0 Å². The van der Waals surface area contributed by atoms with Crippen molar-refractivity contribution in [2.75, 3.05) is 13.2 Å². The molecule has 0 amide bonds. The van der Waals surface area contributed by atoms with Crippen molar-refractivity contribution in [2.24, 2.45) is 0 Å². The first kappa shape index (κ1) is 23.7. The fourth-order valence-electron chi connectivity index (χ4n) is 3.46. The van der Waals surface area contributed by atoms with Gasteiger partial charge in [-0.2, -0.15) is 0 Å². The molecule has 2 nitrogen and oxygen atoms in total. The number of aliphatic hydroxyl groups is 1. The van der Waals surface area contributed by atoms with Crippen LogP contribution in [0.25, 0.3) is 0 Å². The zero-order valence-corrected chi connectivity index (χ0v) is 19.6. The molecule has 3 aromatic rings. The van der Waals surface area contributed by atoms with E-state index >= 15 is 0 Å². The minimum atomic E-state index is 0.000833. The number of ether oxygens (including phenoxy) is 1. The van der Waals surface area contributed by atoms with Crippen LogP contribution in [0.1, 0.15) is 41.5 Å². The summed E-state index contributed by atoms with van der Waals surface area (Å²) in [6.07, 6.45) is 1.71. The summed E-state index contributed by atoms with van der Waals surface area (Å²) in [6.45, 7) is 8.93. The molecule has 164 valence electrons. The smallest absolute Gasteiger partial charge is 0.120 e. The average molecular weight is 443 g/mol. The maximum atomic E-state index is 9.05. The molecule has 1 atom stereocenters. The van der Waals surface area contributed by atoms with Crippen LogP contribution in [0.4, 0.5) is 0 Å². The van der Waals surface area contributed by atoms with Crippen LogP contribution in [0.5, 0.6) is 5.75 Å². The van der Waals surface area contributed by atoms with Gasteiger partial charge in [-0.15, -0.1) is 0 Å². The lowest BCUT2D eigenvalue weighted by Gasteiger charge is -2.21. The minimum Gasteiger partial charge on any atom is -0.491 e. The Hall–Kier alpha value is -2.93. The summed E-state index contributed by atoms with van der Waals surface area (Å²) >= 11 is 1.69. The molecule has 0 heterocycles. The molecule has 0 bridgehead atoms. The van der Waals surface area contributed by atoms with Crippen molar-refractivity contribution < 1.29 is 9.84 Å². The van der Waals surface area contributed by atoms with Crippen molar-refractivity contribution >= 4 is 11.8 Å². The lowest BCUT2D eigenvalue weighted by atomic mass is 9.91. The third-order valence-corrected chi connectivity index (χ3v) is 6.33. The number of hydrogen-bond acceptors (Lipinski definition) is 3. The number of thioether (sulfide) groups is 1. The van der Waals surface area contributed by atoms with Crippen LogP contribution in [-0.4, -0.2) is 18.3 Å². The van der Waals surface area contributed by atoms with Crippen LogP contribution in [-0.2, 0) is 6.42 Å². The van der Waals surface area contributed by atoms with E-state index in [0.717, 1.165) is 34.0 Å². The molecule has 0 aliphatic rings. The first-order valence-corrected chi connectivity index (χ1v) is 11.8. The summed E-state index contributed by atoms with van der Waals surface area (Å²) in [7, 11) is 0. The van der Waals surface area contributed by atoms with Gasteiger partial charge in [0.2, 0.25) is 0 Å². The van der Waals surface area contributed by atoms with E-state index in [-0.39, 0.29) is 19.1 Å². The molecule has 3 aromatic carbocycles. The quantitative estimate of drug-likeness (QED) is 0.293. The normalized spacial score (nSPS) is 11.3. The molecule has 32 heavy (non-hydrogen) atoms. The maximum absolute atomic E-state index is 9.05. The molecular weight excluding hydrogens is 412 g/mol. The molecule has 0 saturated heterocycles. The molecule has 3 heteroatoms. The fourth-order valence-corrected chi connectivity index (χ4v) is 4.51. The molecule has 0 saturated carbocycles. The summed E-state index contributed by atoms with van der Waals surface area (Å²) in [6, 6.07) is 25.1. The van der Waals surface area contributed by atoms with Crippen LogP contribution < -0.4 is 4.74 Å². The van der Waals surface area contributed by atoms with Crippen LogP contribution in [0.15, 0.2) is 89.2 Å². The Kier molecular flexibility index (Phi) is 9.04. The number of aliphatic hydroxyl groups excluding tert-OH is 1. The molecule has 0 fully saturated rings. The third kappa shape index (κ3) is 6.79. The Morgan fingerprint density at radius 3 is 2.62 bits per heavy atom. The van der Waals surface area contributed by atoms with E-state index in [0.29, 0.717) is 0 Å². The Morgan fingerprint density at radius 1 is 1.06 bits per heavy atom. The van der Waals surface area contributed by atoms with Gasteiger partial charge in [0, 0.05) is 22.8 Å². The first-order chi connectivity index (χ1) is 15.6. The second-order valence-corrected chi connectivity index (χ2v) is 8.76. The van der Waals surface area contributed by atoms with Crippen molar-refractivity contribution in [3.8, 4) is 17.6 Å². The topological polar surface area (TPSA) is 29.5 Å². The molecule has 3 rings (SSSR count). The van der Waals surface area contributed by atoms with Gasteiger partial charge < -0.3 is 9.84 Å². The van der Waals surface area contributed by atoms with Crippen molar-refractivity contribution in [1.82, 2.24) is 0 Å². The first-order valence-electron chi connectivity index (χ1n) is 10.9. The summed E-state index contributed by atoms with van der Waals surface area (Å²) < 4.78 is 5.61. The Morgan fingerprint density at radius 2 is 1.88 bits per heavy atom. The predicted octanol–water partition coefficient (Wildman–Crippen LogP) is 6.76. The lowest BCUT2D eigenvalue weighted by molar-refractivity contribution is 0.201. The number of hydrogen-bond donors (Lipinski definition) is 1. The number of rotatable bonds is 9. The highest BCUT2D eigenvalue weighted by atomic mass is 32.2. The molecule has 0 radical (unpaired) electrons. The van der Waals surface area contributed by atoms with Gasteiger partial charge in [0.1, 0.15) is 12.4 Å². The van der Waals surface area contributed by atoms with E-state index < -0.39 is 0 Å². The monoisotopic (exact) mass is 442 g/mol. The molecular formula is C29H30O2S. The summed E-state index contributed by atoms with van der Waals surface area (Å²) in [5.74, 6) is 7.32. The van der Waals surface area contributed by atoms with Gasteiger partial charge in [-0.3, -0.25) is 0 Å². The van der Waals surface area contributed by atoms with Crippen LogP contribution in [0.2, 0.25) is 0 Å². The van der Waals surface area contributed by atoms with Gasteiger partial charge >= 0.3 is 0 Å². The Labute approximate surface area is 196 Å². The van der Waals surface area contributed by atoms with Gasteiger partial charge in [-0.25, -0.2) is 0 Å². The minimum absolute atomic E-state index is 0.000833. The number of benzene rings is 3. The Balaban J connectivity index is 1.86. The highest BCUT2D eigenvalue weighted by Gasteiger charge is 2.18. The number of aryl methyl sites for hydroxylation is 1. The highest BCUT2D eigenvalue weighted by molar-refractivity contribution is 8.03. The summed E-state index contributed by atoms with van der Waals surface area (Å²) in [4.78, 5) is 2.21. The third-order valence-electron chi connectivity index (χ3n) is 5.13. The van der Waals surface area contributed by atoms with Crippen LogP contribution >= 0.6 is 11.8 Å². The molecule has 0 aromatic heterocycles. The lowest BCUT2D eigenvalue weighted by Crippen LogP contribution is -2.05. The standard InChI is InChI=1S/C29H30O2S/c1-4-5-10-24-11-9-12-25(19-24)20-28(26-13-7-6-8-14-26)23(3)32-29-21-27(31-18-17-30)16-15-22(29)2/h6-9,11-16,19,21,28,30H,3-4,17-18,20H2,1-2H3. The van der Waals surface area contributed by atoms with E-state index in [9.17, 15) is 0 Å². The van der Waals surface area contributed by atoms with E-state index in [4.69, 9.17) is 9.84 Å². The summed E-state index contributed by atoms with van der Waals surface area (Å²) in [5, 5.41) is 9.05. The second-order valence-electron chi connectivity index (χ2n) is 7.59. The molecule has 0 aliphatic heterocycles. The van der Waals surface area contributed by atoms with E-state index in [2.05, 4.69) is 86.9 Å². The van der Waals surface area contributed by atoms with E-state index in [1.165, 1.54) is 16.7 Å². The SMILES string of the molecule is C=C(Sc1cc(OCCO)ccc1C)C(Cc1cccc(C#CCC)c1)c1ccccc1. The van der Waals surface area contributed by atoms with Gasteiger partial charge in [0.15, 0.2) is 0 Å². The molecule has 0 spiro atoms. The highest BCUT2D eigenvalue weighted by Crippen LogP contribution is 2.40. The number of allylic oxidation sites excluding steroid dienone is 1. The van der Waals surface area contributed by atoms with Gasteiger partial charge in [0.05, 0.1) is 6.61 Å². The van der Waals surface area contributed by atoms with Gasteiger partial charge in [-0.1, -0.05) is 85.6 Å². The summed E-state index contributed by atoms with van der Waals surface area (Å²) in [5.41, 5.74) is 4.73. The average Bonchev–Trinajstić information content (AvgIpc) is 2.82. The zero-order chi connectivity index (χ0) is 22.8. The second kappa shape index (κ2) is 12.2. The predicted molar refractivity (Wildman–Crippen MR) is 135 cm³/mol. The van der Waals surface area contributed by atoms with Crippen LogP contribution in [0, 0.1) is 18.8 Å². The van der Waals surface area contributed by atoms with Crippen molar-refractivity contribution in [3.05, 3.63) is 107 Å². The van der Waals surface area contributed by atoms with Gasteiger partial charge in [-0.05, 0) is 59.2 Å². The molecule has 0 aliphatic carbocycles. The van der Waals surface area contributed by atoms with Crippen molar-refractivity contribution in [3.63, 3.8) is 0 Å².